The predicted molar refractivity (Wildman–Crippen MR) is 275 cm³/mol. The third kappa shape index (κ3) is 16.1. The molecule has 6 aliphatic heterocycles. The average Bonchev–Trinajstić information content (AvgIpc) is 3.37. The fraction of sp³-hybridized carbons (Fsp3) is 0.583. The Hall–Kier alpha value is -3.75. The van der Waals surface area contributed by atoms with E-state index in [1.165, 1.54) is 48.5 Å². The van der Waals surface area contributed by atoms with Gasteiger partial charge in [-0.3, -0.25) is 19.9 Å². The number of halogens is 3. The molecule has 20 nitrogen and oxygen atoms in total. The lowest BCUT2D eigenvalue weighted by molar-refractivity contribution is -0.384. The first-order chi connectivity index (χ1) is 34.9. The Morgan fingerprint density at radius 3 is 1.63 bits per heavy atom. The first kappa shape index (κ1) is 58.5. The molecule has 4 N–H and O–H groups in total. The lowest BCUT2D eigenvalue weighted by Crippen LogP contribution is -2.59. The maximum Gasteiger partial charge on any atom is 0.410 e. The number of benzene rings is 3. The standard InChI is InChI=1S/C21H30ClN3O5S.C14H18ClNO3S.C7H4ClNO4.C6H14N2O/c22-16-4-7-18(8-5-16)31(28,29)25-17-2-1-3-19(25)20(9-6-17)30-21(27)24-12-10-23(11-13-24)14-15-26;15-10-4-7-12(8-5-10)20(18,19)16-11-2-1-3-13(16)14(17)9-6-11;8-7(10)13-6-3-1-5(2-4-6)9(11)12;9-6-5-8-3-1-7-2-4-8/h4-5,7-8,17,19-20,26H,1-3,6,9-15H2;4-5,7-8,11,13-14,17H,1-3,6,9H2;1-4H;7,9H,1-6H2/t17?,19?,20-;11?,13?,14-;;/m00../s1. The number of piperidine rings is 4. The summed E-state index contributed by atoms with van der Waals surface area (Å²) in [6.07, 6.45) is 6.49. The lowest BCUT2D eigenvalue weighted by Gasteiger charge is -2.48. The summed E-state index contributed by atoms with van der Waals surface area (Å²) in [5.74, 6) is 0.172. The SMILES string of the molecule is O=C(Cl)Oc1ccc([N+](=O)[O-])cc1.O=C(O[C@H]1CCC2CCCC1N2S(=O)(=O)c1ccc(Cl)cc1)N1CCN(CCO)CC1.O=S(=O)(c1ccc(Cl)cc1)N1C2CCCC1[C@@H](O)CC2.OCCN1CCNCC1. The summed E-state index contributed by atoms with van der Waals surface area (Å²) >= 11 is 16.7. The van der Waals surface area contributed by atoms with E-state index in [0.717, 1.165) is 71.2 Å². The van der Waals surface area contributed by atoms with Crippen LogP contribution in [-0.2, 0) is 24.8 Å². The van der Waals surface area contributed by atoms with Crippen LogP contribution in [-0.4, -0.2) is 187 Å². The number of non-ortho nitro benzene ring substituents is 1. The van der Waals surface area contributed by atoms with E-state index in [2.05, 4.69) is 19.9 Å². The topological polar surface area (TPSA) is 253 Å². The van der Waals surface area contributed by atoms with Crippen molar-refractivity contribution >= 4 is 72.1 Å². The zero-order chi connectivity index (χ0) is 52.7. The van der Waals surface area contributed by atoms with Crippen LogP contribution in [0.3, 0.4) is 0 Å². The molecule has 3 aromatic rings. The molecule has 6 fully saturated rings. The van der Waals surface area contributed by atoms with Crippen LogP contribution in [0.5, 0.6) is 5.75 Å². The molecule has 25 heteroatoms. The molecule has 404 valence electrons. The summed E-state index contributed by atoms with van der Waals surface area (Å²) in [4.78, 5) is 39.2. The van der Waals surface area contributed by atoms with Gasteiger partial charge in [-0.1, -0.05) is 36.0 Å². The van der Waals surface area contributed by atoms with Crippen LogP contribution in [0.15, 0.2) is 82.6 Å². The van der Waals surface area contributed by atoms with Crippen LogP contribution in [0.2, 0.25) is 10.0 Å². The molecule has 4 bridgehead atoms. The number of sulfonamides is 2. The Morgan fingerprint density at radius 2 is 1.14 bits per heavy atom. The number of aliphatic hydroxyl groups is 3. The minimum Gasteiger partial charge on any atom is -0.444 e. The highest BCUT2D eigenvalue weighted by Crippen LogP contribution is 2.41. The molecular formula is C48H66Cl3N7O13S2. The Kier molecular flexibility index (Phi) is 22.3. The molecule has 0 spiro atoms. The van der Waals surface area contributed by atoms with Crippen molar-refractivity contribution in [2.45, 2.75) is 110 Å². The van der Waals surface area contributed by atoms with E-state index in [1.807, 2.05) is 0 Å². The van der Waals surface area contributed by atoms with Crippen LogP contribution < -0.4 is 10.1 Å². The van der Waals surface area contributed by atoms with E-state index in [-0.39, 0.29) is 58.1 Å². The van der Waals surface area contributed by atoms with Crippen LogP contribution in [0, 0.1) is 10.1 Å². The number of β-amino-alcohol motifs (C(OH)–C–C–N with tert-alkyl or cyclic N) is 2. The highest BCUT2D eigenvalue weighted by Gasteiger charge is 2.49. The van der Waals surface area contributed by atoms with Crippen molar-refractivity contribution in [2.24, 2.45) is 0 Å². The summed E-state index contributed by atoms with van der Waals surface area (Å²) < 4.78 is 66.0. The monoisotopic (exact) mass is 1120 g/mol. The van der Waals surface area contributed by atoms with Gasteiger partial charge in [0.2, 0.25) is 20.0 Å². The average molecular weight is 1120 g/mol. The van der Waals surface area contributed by atoms with E-state index >= 15 is 0 Å². The van der Waals surface area contributed by atoms with Crippen molar-refractivity contribution in [3.63, 3.8) is 0 Å². The maximum absolute atomic E-state index is 13.4. The van der Waals surface area contributed by atoms with Crippen LogP contribution in [0.25, 0.3) is 0 Å². The number of nitro groups is 1. The number of aliphatic hydroxyl groups excluding tert-OH is 3. The fourth-order valence-corrected chi connectivity index (χ4v) is 14.4. The van der Waals surface area contributed by atoms with E-state index in [9.17, 15) is 41.6 Å². The molecule has 6 aliphatic rings. The van der Waals surface area contributed by atoms with Gasteiger partial charge in [-0.2, -0.15) is 8.61 Å². The molecule has 6 saturated heterocycles. The van der Waals surface area contributed by atoms with Gasteiger partial charge in [0.1, 0.15) is 11.9 Å². The normalized spacial score (nSPS) is 24.8. The number of carbonyl (C=O) groups excluding carboxylic acids is 2. The maximum atomic E-state index is 13.4. The summed E-state index contributed by atoms with van der Waals surface area (Å²) in [6.45, 7) is 8.63. The molecule has 0 radical (unpaired) electrons. The highest BCUT2D eigenvalue weighted by molar-refractivity contribution is 7.89. The second-order valence-corrected chi connectivity index (χ2v) is 23.4. The fourth-order valence-electron chi connectivity index (χ4n) is 10.2. The molecule has 9 rings (SSSR count). The Balaban J connectivity index is 0.000000176. The molecule has 1 amide bonds. The summed E-state index contributed by atoms with van der Waals surface area (Å²) in [6, 6.07) is 16.9. The van der Waals surface area contributed by atoms with Crippen molar-refractivity contribution in [1.29, 1.82) is 0 Å². The van der Waals surface area contributed by atoms with Gasteiger partial charge in [-0.05, 0) is 112 Å². The van der Waals surface area contributed by atoms with Crippen molar-refractivity contribution in [2.75, 3.05) is 78.7 Å². The highest BCUT2D eigenvalue weighted by atomic mass is 35.5. The first-order valence-electron chi connectivity index (χ1n) is 24.6. The third-order valence-electron chi connectivity index (χ3n) is 13.8. The zero-order valence-electron chi connectivity index (χ0n) is 40.5. The van der Waals surface area contributed by atoms with Crippen molar-refractivity contribution in [3.8, 4) is 5.75 Å². The van der Waals surface area contributed by atoms with Gasteiger partial charge in [0.15, 0.2) is 0 Å². The van der Waals surface area contributed by atoms with Gasteiger partial charge in [-0.25, -0.2) is 26.4 Å². The van der Waals surface area contributed by atoms with E-state index in [0.29, 0.717) is 75.1 Å². The van der Waals surface area contributed by atoms with Gasteiger partial charge in [0, 0.05) is 111 Å². The number of fused-ring (bicyclic) bond motifs is 4. The van der Waals surface area contributed by atoms with Crippen LogP contribution in [0.4, 0.5) is 15.3 Å². The van der Waals surface area contributed by atoms with Gasteiger partial charge in [0.25, 0.3) is 5.69 Å². The molecule has 6 heterocycles. The number of piperazine rings is 2. The second kappa shape index (κ2) is 27.9. The summed E-state index contributed by atoms with van der Waals surface area (Å²) in [5.41, 5.74) is -1.05. The number of ether oxygens (including phenoxy) is 2. The number of nitro benzene ring substituents is 1. The quantitative estimate of drug-likeness (QED) is 0.101. The number of amides is 1. The minimum atomic E-state index is -3.71. The van der Waals surface area contributed by atoms with E-state index in [1.54, 1.807) is 37.8 Å². The number of nitrogens with one attached hydrogen (secondary N) is 1. The van der Waals surface area contributed by atoms with Crippen molar-refractivity contribution < 1.29 is 56.1 Å². The summed E-state index contributed by atoms with van der Waals surface area (Å²) in [7, 11) is -7.26. The van der Waals surface area contributed by atoms with Crippen LogP contribution in [0.1, 0.15) is 64.2 Å². The molecule has 6 atom stereocenters. The number of nitrogens with zero attached hydrogens (tertiary/aromatic N) is 6. The van der Waals surface area contributed by atoms with Crippen molar-refractivity contribution in [3.05, 3.63) is 93.0 Å². The van der Waals surface area contributed by atoms with E-state index in [4.69, 9.17) is 49.8 Å². The minimum absolute atomic E-state index is 0.0258. The molecular weight excluding hydrogens is 1050 g/mol. The van der Waals surface area contributed by atoms with E-state index < -0.39 is 42.6 Å². The number of hydrogen-bond acceptors (Lipinski definition) is 16. The predicted octanol–water partition coefficient (Wildman–Crippen LogP) is 5.78. The van der Waals surface area contributed by atoms with Crippen LogP contribution >= 0.6 is 34.8 Å². The molecule has 4 unspecified atom stereocenters. The number of rotatable bonds is 11. The smallest absolute Gasteiger partial charge is 0.410 e. The van der Waals surface area contributed by atoms with Gasteiger partial charge < -0.3 is 35.0 Å². The van der Waals surface area contributed by atoms with Crippen molar-refractivity contribution in [1.82, 2.24) is 28.6 Å². The lowest BCUT2D eigenvalue weighted by atomic mass is 9.85. The Bertz CT molecular complexity index is 2470. The Labute approximate surface area is 442 Å². The molecule has 0 saturated carbocycles. The second-order valence-electron chi connectivity index (χ2n) is 18.5. The summed E-state index contributed by atoms with van der Waals surface area (Å²) in [5, 5.41) is 42.2. The van der Waals surface area contributed by atoms with Gasteiger partial charge in [-0.15, -0.1) is 0 Å². The molecule has 0 aromatic heterocycles. The Morgan fingerprint density at radius 1 is 0.658 bits per heavy atom. The zero-order valence-corrected chi connectivity index (χ0v) is 44.4. The third-order valence-corrected chi connectivity index (χ3v) is 18.4. The van der Waals surface area contributed by atoms with Gasteiger partial charge in [0.05, 0.1) is 46.1 Å². The molecule has 3 aromatic carbocycles. The largest absolute Gasteiger partial charge is 0.444 e. The molecule has 0 aliphatic carbocycles. The van der Waals surface area contributed by atoms with Gasteiger partial charge >= 0.3 is 11.5 Å². The molecule has 73 heavy (non-hydrogen) atoms. The first-order valence-corrected chi connectivity index (χ1v) is 28.6. The number of hydrogen-bond donors (Lipinski definition) is 4. The number of carbonyl (C=O) groups is 2.